The Morgan fingerprint density at radius 1 is 0.673 bits per heavy atom. The summed E-state index contributed by atoms with van der Waals surface area (Å²) in [5, 5.41) is 19.3. The lowest BCUT2D eigenvalue weighted by Crippen LogP contribution is -2.44. The number of carboxylic acid groups (broad SMARTS) is 2. The number of halogens is 3. The molecule has 2 fully saturated rings. The van der Waals surface area contributed by atoms with E-state index < -0.39 is 35.8 Å². The molecule has 0 unspecified atom stereocenters. The molecule has 8 nitrogen and oxygen atoms in total. The zero-order valence-electron chi connectivity index (χ0n) is 31.6. The molecule has 2 N–H and O–H groups in total. The second-order valence-corrected chi connectivity index (χ2v) is 14.8. The Hall–Kier alpha value is -4.87. The molecule has 4 aromatic carbocycles. The van der Waals surface area contributed by atoms with E-state index in [9.17, 15) is 33.0 Å². The Kier molecular flexibility index (Phi) is 12.5. The average Bonchev–Trinajstić information content (AvgIpc) is 3.15. The van der Waals surface area contributed by atoms with Crippen LogP contribution in [-0.4, -0.2) is 57.1 Å². The van der Waals surface area contributed by atoms with E-state index in [1.54, 1.807) is 11.0 Å². The largest absolute Gasteiger partial charge is 0.489 e. The van der Waals surface area contributed by atoms with Gasteiger partial charge in [0, 0.05) is 13.1 Å². The van der Waals surface area contributed by atoms with E-state index in [1.807, 2.05) is 74.2 Å². The van der Waals surface area contributed by atoms with Gasteiger partial charge in [0.2, 0.25) is 0 Å². The number of rotatable bonds is 13. The van der Waals surface area contributed by atoms with E-state index in [-0.39, 0.29) is 18.9 Å². The van der Waals surface area contributed by atoms with Gasteiger partial charge < -0.3 is 19.7 Å². The van der Waals surface area contributed by atoms with Crippen molar-refractivity contribution >= 4 is 11.9 Å². The van der Waals surface area contributed by atoms with Crippen molar-refractivity contribution in [2.75, 3.05) is 13.1 Å². The van der Waals surface area contributed by atoms with Gasteiger partial charge >= 0.3 is 18.1 Å². The molecule has 0 saturated carbocycles. The number of nitrogens with zero attached hydrogens (tertiary/aromatic N) is 2. The standard InChI is InChI=1S/C44H49F3N2O6/c1-28-22-31(24-48-20-6-4-14-38(48)42(50)51)16-18-40(28)54-26-33-10-8-12-35(29(33)2)36-13-9-11-34(30(36)3)27-55-41-19-17-32(23-37(41)44(45,46)47)25-49-21-7-5-15-39(49)43(52)53/h8-13,16-19,22-23,38-39H,4-7,14-15,20-21,24-27H2,1-3H3,(H,50,51)(H,52,53)/t38-,39-/m0/s1. The van der Waals surface area contributed by atoms with Gasteiger partial charge in [-0.3, -0.25) is 19.4 Å². The van der Waals surface area contributed by atoms with Crippen molar-refractivity contribution in [3.8, 4) is 22.6 Å². The van der Waals surface area contributed by atoms with E-state index in [0.29, 0.717) is 38.1 Å². The molecule has 0 aromatic heterocycles. The molecule has 4 aromatic rings. The Balaban J connectivity index is 1.14. The summed E-state index contributed by atoms with van der Waals surface area (Å²) in [6.45, 7) is 8.21. The maximum atomic E-state index is 14.3. The summed E-state index contributed by atoms with van der Waals surface area (Å²) >= 11 is 0. The first kappa shape index (κ1) is 39.8. The van der Waals surface area contributed by atoms with Crippen LogP contribution in [0.4, 0.5) is 13.2 Å². The lowest BCUT2D eigenvalue weighted by molar-refractivity contribution is -0.145. The highest BCUT2D eigenvalue weighted by Crippen LogP contribution is 2.38. The number of alkyl halides is 3. The number of aliphatic carboxylic acids is 2. The molecule has 0 radical (unpaired) electrons. The van der Waals surface area contributed by atoms with Crippen molar-refractivity contribution in [3.63, 3.8) is 0 Å². The highest BCUT2D eigenvalue weighted by atomic mass is 19.4. The lowest BCUT2D eigenvalue weighted by atomic mass is 9.92. The van der Waals surface area contributed by atoms with Crippen molar-refractivity contribution < 1.29 is 42.4 Å². The van der Waals surface area contributed by atoms with Crippen LogP contribution in [0.5, 0.6) is 11.5 Å². The number of aryl methyl sites for hydroxylation is 1. The third-order valence-electron chi connectivity index (χ3n) is 11.1. The van der Waals surface area contributed by atoms with Gasteiger partial charge in [0.1, 0.15) is 36.8 Å². The van der Waals surface area contributed by atoms with Crippen molar-refractivity contribution in [2.24, 2.45) is 0 Å². The molecule has 55 heavy (non-hydrogen) atoms. The van der Waals surface area contributed by atoms with Gasteiger partial charge in [-0.25, -0.2) is 0 Å². The molecule has 0 bridgehead atoms. The molecule has 292 valence electrons. The molecule has 0 spiro atoms. The van der Waals surface area contributed by atoms with Crippen LogP contribution in [0.15, 0.2) is 72.8 Å². The van der Waals surface area contributed by atoms with Crippen LogP contribution in [-0.2, 0) is 42.1 Å². The third-order valence-corrected chi connectivity index (χ3v) is 11.1. The van der Waals surface area contributed by atoms with Gasteiger partial charge in [0.15, 0.2) is 0 Å². The Labute approximate surface area is 320 Å². The number of carboxylic acids is 2. The van der Waals surface area contributed by atoms with E-state index in [1.165, 1.54) is 6.07 Å². The number of hydrogen-bond donors (Lipinski definition) is 2. The maximum absolute atomic E-state index is 14.3. The SMILES string of the molecule is Cc1cc(CN2CCCC[C@H]2C(=O)O)ccc1OCc1cccc(-c2cccc(COc3ccc(CN4CCCC[C@H]4C(=O)O)cc3C(F)(F)F)c2C)c1C. The van der Waals surface area contributed by atoms with Crippen LogP contribution in [0.25, 0.3) is 11.1 Å². The highest BCUT2D eigenvalue weighted by Gasteiger charge is 2.36. The van der Waals surface area contributed by atoms with Gasteiger partial charge in [0.25, 0.3) is 0 Å². The molecule has 6 rings (SSSR count). The minimum Gasteiger partial charge on any atom is -0.489 e. The van der Waals surface area contributed by atoms with Crippen LogP contribution in [0.2, 0.25) is 0 Å². The lowest BCUT2D eigenvalue weighted by Gasteiger charge is -2.33. The summed E-state index contributed by atoms with van der Waals surface area (Å²) in [6, 6.07) is 20.6. The number of likely N-dealkylation sites (tertiary alicyclic amines) is 2. The van der Waals surface area contributed by atoms with Crippen LogP contribution < -0.4 is 9.47 Å². The van der Waals surface area contributed by atoms with E-state index in [4.69, 9.17) is 9.47 Å². The second-order valence-electron chi connectivity index (χ2n) is 14.8. The smallest absolute Gasteiger partial charge is 0.419 e. The van der Waals surface area contributed by atoms with Gasteiger partial charge in [0.05, 0.1) is 5.56 Å². The number of carbonyl (C=O) groups is 2. The molecular weight excluding hydrogens is 709 g/mol. The molecule has 2 saturated heterocycles. The Bertz CT molecular complexity index is 2010. The summed E-state index contributed by atoms with van der Waals surface area (Å²) in [4.78, 5) is 27.3. The van der Waals surface area contributed by atoms with Crippen LogP contribution in [0.1, 0.15) is 83.0 Å². The Morgan fingerprint density at radius 2 is 1.15 bits per heavy atom. The predicted octanol–water partition coefficient (Wildman–Crippen LogP) is 9.33. The summed E-state index contributed by atoms with van der Waals surface area (Å²) in [5.41, 5.74) is 7.11. The monoisotopic (exact) mass is 758 g/mol. The maximum Gasteiger partial charge on any atom is 0.419 e. The van der Waals surface area contributed by atoms with Gasteiger partial charge in [-0.2, -0.15) is 13.2 Å². The van der Waals surface area contributed by atoms with E-state index >= 15 is 0 Å². The van der Waals surface area contributed by atoms with Crippen LogP contribution in [0.3, 0.4) is 0 Å². The first-order chi connectivity index (χ1) is 26.3. The predicted molar refractivity (Wildman–Crippen MR) is 204 cm³/mol. The van der Waals surface area contributed by atoms with Crippen molar-refractivity contribution in [3.05, 3.63) is 117 Å². The minimum atomic E-state index is -4.66. The zero-order chi connectivity index (χ0) is 39.3. The molecule has 0 amide bonds. The number of piperidine rings is 2. The van der Waals surface area contributed by atoms with Gasteiger partial charge in [-0.1, -0.05) is 67.4 Å². The second kappa shape index (κ2) is 17.3. The summed E-state index contributed by atoms with van der Waals surface area (Å²) in [5.74, 6) is -1.25. The molecular formula is C44H49F3N2O6. The Morgan fingerprint density at radius 3 is 1.62 bits per heavy atom. The fourth-order valence-corrected chi connectivity index (χ4v) is 7.96. The third kappa shape index (κ3) is 9.51. The van der Waals surface area contributed by atoms with Gasteiger partial charge in [-0.05, 0) is 128 Å². The first-order valence-corrected chi connectivity index (χ1v) is 19.0. The summed E-state index contributed by atoms with van der Waals surface area (Å²) < 4.78 is 55.1. The summed E-state index contributed by atoms with van der Waals surface area (Å²) in [7, 11) is 0. The van der Waals surface area contributed by atoms with E-state index in [2.05, 4.69) is 6.07 Å². The quantitative estimate of drug-likeness (QED) is 0.139. The normalized spacial score (nSPS) is 18.2. The fraction of sp³-hybridized carbons (Fsp3) is 0.409. The molecule has 11 heteroatoms. The average molecular weight is 759 g/mol. The first-order valence-electron chi connectivity index (χ1n) is 19.0. The number of benzene rings is 4. The van der Waals surface area contributed by atoms with Crippen LogP contribution >= 0.6 is 0 Å². The van der Waals surface area contributed by atoms with Crippen molar-refractivity contribution in [2.45, 2.75) is 104 Å². The van der Waals surface area contributed by atoms with Crippen molar-refractivity contribution in [1.29, 1.82) is 0 Å². The number of hydrogen-bond acceptors (Lipinski definition) is 6. The number of ether oxygens (including phenoxy) is 2. The summed E-state index contributed by atoms with van der Waals surface area (Å²) in [6.07, 6.45) is 0.00398. The van der Waals surface area contributed by atoms with Crippen molar-refractivity contribution in [1.82, 2.24) is 9.80 Å². The topological polar surface area (TPSA) is 99.5 Å². The van der Waals surface area contributed by atoms with Crippen LogP contribution in [0, 0.1) is 20.8 Å². The molecule has 2 atom stereocenters. The molecule has 0 aliphatic carbocycles. The molecule has 2 aliphatic heterocycles. The molecule has 2 aliphatic rings. The highest BCUT2D eigenvalue weighted by molar-refractivity contribution is 5.74. The van der Waals surface area contributed by atoms with Gasteiger partial charge in [-0.15, -0.1) is 0 Å². The minimum absolute atomic E-state index is 0.0683. The molecule has 2 heterocycles. The zero-order valence-corrected chi connectivity index (χ0v) is 31.6. The van der Waals surface area contributed by atoms with E-state index in [0.717, 1.165) is 88.6 Å². The fourth-order valence-electron chi connectivity index (χ4n) is 7.96.